The van der Waals surface area contributed by atoms with Crippen LogP contribution in [-0.4, -0.2) is 221 Å². The van der Waals surface area contributed by atoms with Crippen molar-refractivity contribution in [1.82, 2.24) is 10.6 Å². The van der Waals surface area contributed by atoms with Crippen molar-refractivity contribution in [2.45, 2.75) is 137 Å². The topological polar surface area (TPSA) is 400 Å². The van der Waals surface area contributed by atoms with E-state index in [0.717, 1.165) is 13.8 Å². The molecular formula is C28H44N2O23. The zero-order chi connectivity index (χ0) is 39.6. The number of carbonyl (C=O) groups is 4. The van der Waals surface area contributed by atoms with Gasteiger partial charge in [0, 0.05) is 13.8 Å². The first-order chi connectivity index (χ1) is 24.8. The Balaban J connectivity index is 1.55. The maximum absolute atomic E-state index is 12.4. The first-order valence-electron chi connectivity index (χ1n) is 16.1. The highest BCUT2D eigenvalue weighted by Gasteiger charge is 2.57. The standard InChI is InChI=1S/C28H44N2O23/c1-5(33)29-9-11(35)18(7(3-31)47-25(9)46)49-28-17(41)15(39)20(22(53-28)24(44)45)51-26-10(30-6(2)34)12(36)19(8(4-32)48-26)50-27-16(40)13(37)14(38)21(52-27)23(42)43/h7-22,25-28,31-32,35-41,46H,3-4H2,1-2H3,(H,29,33)(H,30,34)(H,42,43)(H,44,45)/t7-,8-,9-,10-,11-,12-,13+,14+,15-,16-,17-,18-,19-,20+,21+,22-,25?,26-,27-,28-/m1/s1. The maximum Gasteiger partial charge on any atom is 0.335 e. The monoisotopic (exact) mass is 776 g/mol. The molecule has 4 heterocycles. The summed E-state index contributed by atoms with van der Waals surface area (Å²) < 4.78 is 38.0. The van der Waals surface area contributed by atoms with Crippen LogP contribution in [-0.2, 0) is 52.3 Å². The average molecular weight is 777 g/mol. The van der Waals surface area contributed by atoms with E-state index in [1.54, 1.807) is 0 Å². The van der Waals surface area contributed by atoms with Gasteiger partial charge in [0.15, 0.2) is 37.4 Å². The molecule has 0 bridgehead atoms. The summed E-state index contributed by atoms with van der Waals surface area (Å²) in [6.45, 7) is 0.0908. The number of ether oxygens (including phenoxy) is 7. The summed E-state index contributed by atoms with van der Waals surface area (Å²) in [5, 5.41) is 129. The predicted octanol–water partition coefficient (Wildman–Crippen LogP) is -9.28. The van der Waals surface area contributed by atoms with Crippen molar-refractivity contribution >= 4 is 23.8 Å². The van der Waals surface area contributed by atoms with Crippen LogP contribution >= 0.6 is 0 Å². The predicted molar refractivity (Wildman–Crippen MR) is 158 cm³/mol. The molecule has 25 nitrogen and oxygen atoms in total. The summed E-state index contributed by atoms with van der Waals surface area (Å²) in [6, 6.07) is -3.31. The summed E-state index contributed by atoms with van der Waals surface area (Å²) in [5.41, 5.74) is 0. The number of rotatable bonds is 12. The van der Waals surface area contributed by atoms with E-state index in [1.807, 2.05) is 0 Å². The number of aliphatic hydroxyl groups excluding tert-OH is 10. The summed E-state index contributed by atoms with van der Waals surface area (Å²) in [6.07, 6.45) is -36.1. The molecule has 304 valence electrons. The van der Waals surface area contributed by atoms with E-state index in [0.29, 0.717) is 0 Å². The van der Waals surface area contributed by atoms with Gasteiger partial charge in [0.05, 0.1) is 13.2 Å². The molecule has 4 aliphatic heterocycles. The van der Waals surface area contributed by atoms with Gasteiger partial charge in [0.25, 0.3) is 0 Å². The smallest absolute Gasteiger partial charge is 0.335 e. The number of nitrogens with one attached hydrogen (secondary N) is 2. The highest BCUT2D eigenvalue weighted by atomic mass is 16.8. The van der Waals surface area contributed by atoms with Crippen molar-refractivity contribution in [3.63, 3.8) is 0 Å². The number of aliphatic carboxylic acids is 2. The highest BCUT2D eigenvalue weighted by molar-refractivity contribution is 5.74. The van der Waals surface area contributed by atoms with Gasteiger partial charge in [0.1, 0.15) is 85.3 Å². The molecule has 4 saturated heterocycles. The Hall–Kier alpha value is -2.80. The normalized spacial score (nSPS) is 46.3. The van der Waals surface area contributed by atoms with E-state index in [-0.39, 0.29) is 0 Å². The van der Waals surface area contributed by atoms with Gasteiger partial charge < -0.3 is 105 Å². The lowest BCUT2D eigenvalue weighted by Crippen LogP contribution is -2.70. The van der Waals surface area contributed by atoms with E-state index in [2.05, 4.69) is 10.6 Å². The van der Waals surface area contributed by atoms with E-state index in [4.69, 9.17) is 33.2 Å². The van der Waals surface area contributed by atoms with Crippen LogP contribution in [0.4, 0.5) is 0 Å². The molecule has 0 aromatic carbocycles. The fourth-order valence-electron chi connectivity index (χ4n) is 6.31. The maximum atomic E-state index is 12.4. The number of hydrogen-bond acceptors (Lipinski definition) is 21. The second kappa shape index (κ2) is 17.8. The second-order valence-electron chi connectivity index (χ2n) is 12.7. The van der Waals surface area contributed by atoms with Gasteiger partial charge >= 0.3 is 11.9 Å². The molecule has 4 fully saturated rings. The Morgan fingerprint density at radius 2 is 0.943 bits per heavy atom. The molecule has 0 aromatic rings. The Morgan fingerprint density at radius 3 is 1.43 bits per heavy atom. The molecule has 20 atom stereocenters. The number of carboxylic acid groups (broad SMARTS) is 2. The van der Waals surface area contributed by atoms with Crippen LogP contribution in [0.3, 0.4) is 0 Å². The van der Waals surface area contributed by atoms with Crippen LogP contribution in [0.1, 0.15) is 13.8 Å². The quantitative estimate of drug-likeness (QED) is 0.0875. The summed E-state index contributed by atoms with van der Waals surface area (Å²) in [5.74, 6) is -5.18. The molecule has 4 aliphatic rings. The molecule has 0 aliphatic carbocycles. The van der Waals surface area contributed by atoms with Gasteiger partial charge in [-0.2, -0.15) is 0 Å². The number of amides is 2. The first-order valence-corrected chi connectivity index (χ1v) is 16.1. The minimum Gasteiger partial charge on any atom is -0.479 e. The zero-order valence-electron chi connectivity index (χ0n) is 27.8. The Bertz CT molecular complexity index is 1300. The third-order valence-corrected chi connectivity index (χ3v) is 8.94. The van der Waals surface area contributed by atoms with Crippen molar-refractivity contribution in [2.75, 3.05) is 13.2 Å². The molecule has 0 spiro atoms. The molecule has 25 heteroatoms. The Kier molecular flexibility index (Phi) is 14.4. The fourth-order valence-corrected chi connectivity index (χ4v) is 6.31. The van der Waals surface area contributed by atoms with Crippen molar-refractivity contribution in [3.05, 3.63) is 0 Å². The molecule has 0 radical (unpaired) electrons. The lowest BCUT2D eigenvalue weighted by atomic mass is 9.94. The summed E-state index contributed by atoms with van der Waals surface area (Å²) in [4.78, 5) is 47.7. The van der Waals surface area contributed by atoms with E-state index < -0.39 is 160 Å². The molecule has 53 heavy (non-hydrogen) atoms. The van der Waals surface area contributed by atoms with Gasteiger partial charge in [-0.3, -0.25) is 9.59 Å². The average Bonchev–Trinajstić information content (AvgIpc) is 3.08. The second-order valence-corrected chi connectivity index (χ2v) is 12.7. The van der Waals surface area contributed by atoms with Gasteiger partial charge in [0.2, 0.25) is 11.8 Å². The van der Waals surface area contributed by atoms with E-state index in [1.165, 1.54) is 0 Å². The van der Waals surface area contributed by atoms with Crippen molar-refractivity contribution in [2.24, 2.45) is 0 Å². The van der Waals surface area contributed by atoms with E-state index in [9.17, 15) is 80.5 Å². The lowest BCUT2D eigenvalue weighted by Gasteiger charge is -2.49. The molecule has 2 amide bonds. The minimum absolute atomic E-state index is 0.715. The van der Waals surface area contributed by atoms with Crippen molar-refractivity contribution in [3.8, 4) is 0 Å². The van der Waals surface area contributed by atoms with Gasteiger partial charge in [-0.25, -0.2) is 9.59 Å². The minimum atomic E-state index is -2.27. The molecule has 0 saturated carbocycles. The SMILES string of the molecule is CC(=O)N[C@H]1[C@@H](O[C@H]2[C@H](O)[C@@H](O)[C@H](O[C@H]3[C@H](O)[C@@H](NC(C)=O)C(O)O[C@@H]3CO)O[C@H]2C(=O)O)O[C@H](CO)[C@@H](O[C@@H]2O[C@H](C(=O)O)[C@@H](O)[C@H](O)[C@H]2O)[C@@H]1O. The number of hydrogen-bond donors (Lipinski definition) is 14. The highest BCUT2D eigenvalue weighted by Crippen LogP contribution is 2.34. The molecule has 1 unspecified atom stereocenters. The molecule has 0 aromatic heterocycles. The Labute approximate surface area is 298 Å². The molecule has 4 rings (SSSR count). The summed E-state index contributed by atoms with van der Waals surface area (Å²) >= 11 is 0. The Morgan fingerprint density at radius 1 is 0.509 bits per heavy atom. The first kappa shape index (κ1) is 42.9. The molecular weight excluding hydrogens is 732 g/mol. The van der Waals surface area contributed by atoms with Gasteiger partial charge in [-0.1, -0.05) is 0 Å². The third kappa shape index (κ3) is 9.19. The van der Waals surface area contributed by atoms with Crippen molar-refractivity contribution < 1.29 is 114 Å². The fraction of sp³-hybridized carbons (Fsp3) is 0.857. The number of carboxylic acids is 2. The summed E-state index contributed by atoms with van der Waals surface area (Å²) in [7, 11) is 0. The van der Waals surface area contributed by atoms with Crippen LogP contribution < -0.4 is 10.6 Å². The van der Waals surface area contributed by atoms with Gasteiger partial charge in [-0.15, -0.1) is 0 Å². The van der Waals surface area contributed by atoms with Crippen molar-refractivity contribution in [1.29, 1.82) is 0 Å². The van der Waals surface area contributed by atoms with Crippen LogP contribution in [0.25, 0.3) is 0 Å². The number of carbonyl (C=O) groups excluding carboxylic acids is 2. The zero-order valence-corrected chi connectivity index (χ0v) is 27.8. The van der Waals surface area contributed by atoms with Crippen LogP contribution in [0.5, 0.6) is 0 Å². The van der Waals surface area contributed by atoms with Crippen LogP contribution in [0, 0.1) is 0 Å². The van der Waals surface area contributed by atoms with E-state index >= 15 is 0 Å². The third-order valence-electron chi connectivity index (χ3n) is 8.94. The van der Waals surface area contributed by atoms with Gasteiger partial charge in [-0.05, 0) is 0 Å². The molecule has 14 N–H and O–H groups in total. The number of aliphatic hydroxyl groups is 10. The van der Waals surface area contributed by atoms with Crippen LogP contribution in [0.2, 0.25) is 0 Å². The van der Waals surface area contributed by atoms with Crippen LogP contribution in [0.15, 0.2) is 0 Å². The largest absolute Gasteiger partial charge is 0.479 e. The lowest BCUT2D eigenvalue weighted by molar-refractivity contribution is -0.371.